The third-order valence-corrected chi connectivity index (χ3v) is 3.99. The Kier molecular flexibility index (Phi) is 7.89. The number of anilines is 1. The van der Waals surface area contributed by atoms with Crippen LogP contribution >= 0.6 is 0 Å². The van der Waals surface area contributed by atoms with Crippen molar-refractivity contribution in [3.05, 3.63) is 24.3 Å². The van der Waals surface area contributed by atoms with Crippen LogP contribution in [0.4, 0.5) is 5.69 Å². The highest BCUT2D eigenvalue weighted by atomic mass is 16.5. The zero-order chi connectivity index (χ0) is 17.2. The van der Waals surface area contributed by atoms with Crippen LogP contribution in [0.1, 0.15) is 52.4 Å². The molecular formula is C19H31N3O2. The number of rotatable bonds is 8. The number of nitrogens with zero attached hydrogens (tertiary/aromatic N) is 1. The minimum atomic E-state index is 0.172. The highest BCUT2D eigenvalue weighted by molar-refractivity contribution is 5.92. The van der Waals surface area contributed by atoms with Crippen molar-refractivity contribution in [1.29, 1.82) is 0 Å². The van der Waals surface area contributed by atoms with Crippen LogP contribution in [0.2, 0.25) is 0 Å². The molecule has 1 fully saturated rings. The lowest BCUT2D eigenvalue weighted by Gasteiger charge is -2.21. The van der Waals surface area contributed by atoms with Gasteiger partial charge in [0.05, 0.1) is 12.2 Å². The van der Waals surface area contributed by atoms with Crippen LogP contribution in [0.15, 0.2) is 29.3 Å². The maximum atomic E-state index is 5.92. The minimum absolute atomic E-state index is 0.172. The molecule has 0 aromatic heterocycles. The first-order valence-electron chi connectivity index (χ1n) is 9.09. The quantitative estimate of drug-likeness (QED) is 0.429. The Morgan fingerprint density at radius 2 is 1.92 bits per heavy atom. The number of aliphatic imine (C=N–C) groups is 1. The Morgan fingerprint density at radius 1 is 1.21 bits per heavy atom. The third kappa shape index (κ3) is 7.21. The molecule has 0 aliphatic heterocycles. The monoisotopic (exact) mass is 333 g/mol. The molecule has 3 N–H and O–H groups in total. The van der Waals surface area contributed by atoms with E-state index in [0.29, 0.717) is 18.6 Å². The van der Waals surface area contributed by atoms with Crippen LogP contribution < -0.4 is 15.8 Å². The lowest BCUT2D eigenvalue weighted by molar-refractivity contribution is 0.0281. The number of nitrogens with two attached hydrogens (primary N) is 1. The van der Waals surface area contributed by atoms with E-state index in [1.54, 1.807) is 0 Å². The van der Waals surface area contributed by atoms with Crippen molar-refractivity contribution in [3.8, 4) is 5.75 Å². The molecule has 0 unspecified atom stereocenters. The number of ether oxygens (including phenoxy) is 2. The minimum Gasteiger partial charge on any atom is -0.491 e. The Balaban J connectivity index is 1.64. The third-order valence-electron chi connectivity index (χ3n) is 3.99. The molecule has 0 amide bonds. The van der Waals surface area contributed by atoms with Gasteiger partial charge in [-0.1, -0.05) is 19.3 Å². The van der Waals surface area contributed by atoms with Crippen molar-refractivity contribution in [1.82, 2.24) is 0 Å². The van der Waals surface area contributed by atoms with E-state index >= 15 is 0 Å². The fourth-order valence-electron chi connectivity index (χ4n) is 2.82. The molecule has 24 heavy (non-hydrogen) atoms. The summed E-state index contributed by atoms with van der Waals surface area (Å²) in [5.74, 6) is 1.29. The van der Waals surface area contributed by atoms with Crippen LogP contribution in [0.25, 0.3) is 0 Å². The zero-order valence-corrected chi connectivity index (χ0v) is 15.0. The standard InChI is InChI=1S/C19H31N3O2/c1-15(2)24-18-11-9-16(10-12-18)22-19(20)21-13-6-14-23-17-7-4-3-5-8-17/h9-12,15,17H,3-8,13-14H2,1-2H3,(H3,20,21,22). The van der Waals surface area contributed by atoms with Crippen molar-refractivity contribution in [3.63, 3.8) is 0 Å². The van der Waals surface area contributed by atoms with Gasteiger partial charge in [0.25, 0.3) is 0 Å². The summed E-state index contributed by atoms with van der Waals surface area (Å²) >= 11 is 0. The van der Waals surface area contributed by atoms with E-state index in [2.05, 4.69) is 10.3 Å². The molecule has 1 aliphatic carbocycles. The van der Waals surface area contributed by atoms with E-state index in [9.17, 15) is 0 Å². The lowest BCUT2D eigenvalue weighted by Crippen LogP contribution is -2.23. The maximum absolute atomic E-state index is 5.92. The Morgan fingerprint density at radius 3 is 2.58 bits per heavy atom. The highest BCUT2D eigenvalue weighted by Crippen LogP contribution is 2.20. The molecule has 0 saturated heterocycles. The molecule has 0 radical (unpaired) electrons. The van der Waals surface area contributed by atoms with Crippen LogP contribution in [-0.4, -0.2) is 31.3 Å². The number of benzene rings is 1. The second kappa shape index (κ2) is 10.2. The van der Waals surface area contributed by atoms with E-state index in [-0.39, 0.29) is 6.10 Å². The van der Waals surface area contributed by atoms with E-state index in [0.717, 1.165) is 24.5 Å². The second-order valence-electron chi connectivity index (χ2n) is 6.57. The van der Waals surface area contributed by atoms with Gasteiger partial charge in [-0.3, -0.25) is 4.99 Å². The summed E-state index contributed by atoms with van der Waals surface area (Å²) in [4.78, 5) is 4.34. The predicted octanol–water partition coefficient (Wildman–Crippen LogP) is 3.94. The maximum Gasteiger partial charge on any atom is 0.193 e. The Hall–Kier alpha value is -1.75. The molecule has 0 heterocycles. The molecule has 1 aromatic rings. The molecule has 1 aromatic carbocycles. The summed E-state index contributed by atoms with van der Waals surface area (Å²) in [5, 5.41) is 3.09. The van der Waals surface area contributed by atoms with Gasteiger partial charge >= 0.3 is 0 Å². The van der Waals surface area contributed by atoms with Gasteiger partial charge in [-0.15, -0.1) is 0 Å². The molecular weight excluding hydrogens is 302 g/mol. The smallest absolute Gasteiger partial charge is 0.193 e. The van der Waals surface area contributed by atoms with Crippen LogP contribution in [0.5, 0.6) is 5.75 Å². The predicted molar refractivity (Wildman–Crippen MR) is 99.8 cm³/mol. The summed E-state index contributed by atoms with van der Waals surface area (Å²) in [7, 11) is 0. The fraction of sp³-hybridized carbons (Fsp3) is 0.632. The van der Waals surface area contributed by atoms with E-state index in [4.69, 9.17) is 15.2 Å². The number of nitrogens with one attached hydrogen (secondary N) is 1. The molecule has 5 heteroatoms. The number of hydrogen-bond acceptors (Lipinski definition) is 3. The first kappa shape index (κ1) is 18.6. The van der Waals surface area contributed by atoms with Gasteiger partial charge in [0.1, 0.15) is 5.75 Å². The zero-order valence-electron chi connectivity index (χ0n) is 15.0. The topological polar surface area (TPSA) is 68.9 Å². The van der Waals surface area contributed by atoms with Crippen molar-refractivity contribution in [2.45, 2.75) is 64.6 Å². The average molecular weight is 333 g/mol. The molecule has 1 saturated carbocycles. The molecule has 0 bridgehead atoms. The summed E-state index contributed by atoms with van der Waals surface area (Å²) in [6.07, 6.45) is 7.93. The summed E-state index contributed by atoms with van der Waals surface area (Å²) in [5.41, 5.74) is 6.82. The number of guanidine groups is 1. The normalized spacial score (nSPS) is 16.4. The van der Waals surface area contributed by atoms with Crippen LogP contribution in [0.3, 0.4) is 0 Å². The molecule has 0 spiro atoms. The van der Waals surface area contributed by atoms with E-state index in [1.807, 2.05) is 38.1 Å². The van der Waals surface area contributed by atoms with Gasteiger partial charge in [-0.25, -0.2) is 0 Å². The molecule has 1 aliphatic rings. The van der Waals surface area contributed by atoms with Crippen molar-refractivity contribution < 1.29 is 9.47 Å². The molecule has 2 rings (SSSR count). The van der Waals surface area contributed by atoms with E-state index in [1.165, 1.54) is 32.1 Å². The molecule has 5 nitrogen and oxygen atoms in total. The van der Waals surface area contributed by atoms with Crippen molar-refractivity contribution >= 4 is 11.6 Å². The Labute approximate surface area is 145 Å². The van der Waals surface area contributed by atoms with Gasteiger partial charge in [-0.05, 0) is 57.4 Å². The first-order chi connectivity index (χ1) is 11.6. The summed E-state index contributed by atoms with van der Waals surface area (Å²) < 4.78 is 11.5. The lowest BCUT2D eigenvalue weighted by atomic mass is 9.98. The van der Waals surface area contributed by atoms with E-state index < -0.39 is 0 Å². The summed E-state index contributed by atoms with van der Waals surface area (Å²) in [6, 6.07) is 7.72. The largest absolute Gasteiger partial charge is 0.491 e. The van der Waals surface area contributed by atoms with Crippen molar-refractivity contribution in [2.75, 3.05) is 18.5 Å². The SMILES string of the molecule is CC(C)Oc1ccc(NC(N)=NCCCOC2CCCCC2)cc1. The second-order valence-corrected chi connectivity index (χ2v) is 6.57. The Bertz CT molecular complexity index is 494. The fourth-order valence-corrected chi connectivity index (χ4v) is 2.82. The van der Waals surface area contributed by atoms with Crippen molar-refractivity contribution in [2.24, 2.45) is 10.7 Å². The van der Waals surface area contributed by atoms with Gasteiger partial charge in [0.2, 0.25) is 0 Å². The van der Waals surface area contributed by atoms with Gasteiger partial charge in [0, 0.05) is 18.8 Å². The van der Waals surface area contributed by atoms with Crippen LogP contribution in [0, 0.1) is 0 Å². The van der Waals surface area contributed by atoms with Gasteiger partial charge in [-0.2, -0.15) is 0 Å². The number of hydrogen-bond donors (Lipinski definition) is 2. The molecule has 0 atom stereocenters. The summed E-state index contributed by atoms with van der Waals surface area (Å²) in [6.45, 7) is 5.46. The van der Waals surface area contributed by atoms with Crippen LogP contribution in [-0.2, 0) is 4.74 Å². The first-order valence-corrected chi connectivity index (χ1v) is 9.09. The van der Waals surface area contributed by atoms with Gasteiger partial charge in [0.15, 0.2) is 5.96 Å². The highest BCUT2D eigenvalue weighted by Gasteiger charge is 2.12. The van der Waals surface area contributed by atoms with Gasteiger partial charge < -0.3 is 20.5 Å². The average Bonchev–Trinajstić information content (AvgIpc) is 2.57. The molecule has 134 valence electrons.